The number of carbonyl (C=O) groups excluding carboxylic acids is 1. The van der Waals surface area contributed by atoms with Crippen molar-refractivity contribution in [3.05, 3.63) is 33.7 Å². The molecule has 1 heterocycles. The fourth-order valence-corrected chi connectivity index (χ4v) is 1.41. The van der Waals surface area contributed by atoms with E-state index in [2.05, 4.69) is 10.3 Å². The molecule has 1 aromatic heterocycles. The maximum Gasteiger partial charge on any atom is 0.253 e. The predicted molar refractivity (Wildman–Crippen MR) is 69.6 cm³/mol. The lowest BCUT2D eigenvalue weighted by atomic mass is 9.89. The van der Waals surface area contributed by atoms with Crippen molar-refractivity contribution in [3.63, 3.8) is 0 Å². The van der Waals surface area contributed by atoms with Crippen LogP contribution >= 0.6 is 0 Å². The zero-order valence-electron chi connectivity index (χ0n) is 11.2. The molecule has 0 bridgehead atoms. The summed E-state index contributed by atoms with van der Waals surface area (Å²) >= 11 is 0. The molecule has 0 fully saturated rings. The van der Waals surface area contributed by atoms with Crippen molar-refractivity contribution in [3.8, 4) is 0 Å². The van der Waals surface area contributed by atoms with Crippen molar-refractivity contribution in [2.75, 3.05) is 6.54 Å². The maximum absolute atomic E-state index is 11.9. The Kier molecular flexibility index (Phi) is 4.29. The van der Waals surface area contributed by atoms with E-state index >= 15 is 0 Å². The van der Waals surface area contributed by atoms with E-state index in [9.17, 15) is 14.7 Å². The Morgan fingerprint density at radius 2 is 2.11 bits per heavy atom. The van der Waals surface area contributed by atoms with Gasteiger partial charge in [-0.25, -0.2) is 0 Å². The summed E-state index contributed by atoms with van der Waals surface area (Å²) in [7, 11) is 0. The highest BCUT2D eigenvalue weighted by molar-refractivity contribution is 5.95. The van der Waals surface area contributed by atoms with Gasteiger partial charge < -0.3 is 15.4 Å². The summed E-state index contributed by atoms with van der Waals surface area (Å²) in [4.78, 5) is 25.4. The van der Waals surface area contributed by atoms with Gasteiger partial charge >= 0.3 is 0 Å². The van der Waals surface area contributed by atoms with E-state index in [-0.39, 0.29) is 23.4 Å². The largest absolute Gasteiger partial charge is 0.391 e. The minimum Gasteiger partial charge on any atom is -0.391 e. The normalized spacial score (nSPS) is 13.2. The highest BCUT2D eigenvalue weighted by Gasteiger charge is 2.22. The molecule has 5 heteroatoms. The average Bonchev–Trinajstić information content (AvgIpc) is 2.24. The number of aliphatic hydroxyl groups excluding tert-OH is 1. The summed E-state index contributed by atoms with van der Waals surface area (Å²) in [5.74, 6) is -0.299. The highest BCUT2D eigenvalue weighted by atomic mass is 16.3. The highest BCUT2D eigenvalue weighted by Crippen LogP contribution is 2.18. The standard InChI is InChI=1S/C13H20N2O3/c1-8-5-11(17)14-6-9(8)12(18)15-7-10(16)13(2,3)4/h5-6,10,16H,7H2,1-4H3,(H,14,17)(H,15,18). The van der Waals surface area contributed by atoms with Gasteiger partial charge in [0, 0.05) is 18.8 Å². The van der Waals surface area contributed by atoms with Crippen LogP contribution in [-0.4, -0.2) is 28.6 Å². The van der Waals surface area contributed by atoms with E-state index < -0.39 is 6.10 Å². The number of aromatic amines is 1. The number of hydrogen-bond acceptors (Lipinski definition) is 3. The SMILES string of the molecule is Cc1cc(=O)[nH]cc1C(=O)NCC(O)C(C)(C)C. The van der Waals surface area contributed by atoms with Crippen molar-refractivity contribution in [2.24, 2.45) is 5.41 Å². The van der Waals surface area contributed by atoms with Gasteiger partial charge in [-0.1, -0.05) is 20.8 Å². The second-order valence-corrected chi connectivity index (χ2v) is 5.49. The minimum atomic E-state index is -0.621. The van der Waals surface area contributed by atoms with Crippen LogP contribution < -0.4 is 10.9 Å². The Hall–Kier alpha value is -1.62. The zero-order valence-corrected chi connectivity index (χ0v) is 11.2. The quantitative estimate of drug-likeness (QED) is 0.745. The average molecular weight is 252 g/mol. The lowest BCUT2D eigenvalue weighted by Gasteiger charge is -2.25. The first-order chi connectivity index (χ1) is 8.21. The number of aryl methyl sites for hydroxylation is 1. The number of H-pyrrole nitrogens is 1. The van der Waals surface area contributed by atoms with Crippen LogP contribution in [0.1, 0.15) is 36.7 Å². The van der Waals surface area contributed by atoms with Crippen LogP contribution in [0.15, 0.2) is 17.1 Å². The second kappa shape index (κ2) is 5.35. The van der Waals surface area contributed by atoms with Gasteiger partial charge in [-0.05, 0) is 17.9 Å². The first-order valence-electron chi connectivity index (χ1n) is 5.87. The molecule has 0 saturated carbocycles. The number of aromatic nitrogens is 1. The molecule has 0 saturated heterocycles. The summed E-state index contributed by atoms with van der Waals surface area (Å²) in [6.45, 7) is 7.57. The first kappa shape index (κ1) is 14.4. The van der Waals surface area contributed by atoms with Gasteiger partial charge in [0.15, 0.2) is 0 Å². The molecule has 1 atom stereocenters. The molecule has 100 valence electrons. The smallest absolute Gasteiger partial charge is 0.253 e. The first-order valence-corrected chi connectivity index (χ1v) is 5.87. The van der Waals surface area contributed by atoms with E-state index in [0.29, 0.717) is 11.1 Å². The van der Waals surface area contributed by atoms with E-state index in [1.807, 2.05) is 20.8 Å². The number of aliphatic hydroxyl groups is 1. The zero-order chi connectivity index (χ0) is 13.9. The maximum atomic E-state index is 11.9. The van der Waals surface area contributed by atoms with E-state index in [4.69, 9.17) is 0 Å². The van der Waals surface area contributed by atoms with Crippen LogP contribution in [0.2, 0.25) is 0 Å². The molecule has 0 aliphatic rings. The number of carbonyl (C=O) groups is 1. The Labute approximate surface area is 106 Å². The molecule has 0 aliphatic carbocycles. The molecule has 1 amide bonds. The molecule has 1 unspecified atom stereocenters. The van der Waals surface area contributed by atoms with E-state index in [0.717, 1.165) is 0 Å². The van der Waals surface area contributed by atoms with Crippen molar-refractivity contribution < 1.29 is 9.90 Å². The van der Waals surface area contributed by atoms with Gasteiger partial charge in [0.05, 0.1) is 11.7 Å². The van der Waals surface area contributed by atoms with Crippen LogP contribution in [0.25, 0.3) is 0 Å². The summed E-state index contributed by atoms with van der Waals surface area (Å²) in [5.41, 5.74) is 0.504. The van der Waals surface area contributed by atoms with Crippen LogP contribution in [0.5, 0.6) is 0 Å². The Morgan fingerprint density at radius 1 is 1.50 bits per heavy atom. The number of nitrogens with one attached hydrogen (secondary N) is 2. The summed E-state index contributed by atoms with van der Waals surface area (Å²) in [6.07, 6.45) is 0.765. The Bertz CT molecular complexity index is 486. The summed E-state index contributed by atoms with van der Waals surface area (Å²) in [5, 5.41) is 12.5. The predicted octanol–water partition coefficient (Wildman–Crippen LogP) is 0.820. The molecule has 0 aromatic carbocycles. The Balaban J connectivity index is 2.69. The Morgan fingerprint density at radius 3 is 2.61 bits per heavy atom. The topological polar surface area (TPSA) is 82.2 Å². The van der Waals surface area contributed by atoms with Crippen molar-refractivity contribution in [1.29, 1.82) is 0 Å². The van der Waals surface area contributed by atoms with Gasteiger partial charge in [0.25, 0.3) is 5.91 Å². The van der Waals surface area contributed by atoms with E-state index in [1.54, 1.807) is 6.92 Å². The molecule has 0 spiro atoms. The van der Waals surface area contributed by atoms with Crippen molar-refractivity contribution in [2.45, 2.75) is 33.8 Å². The molecular formula is C13H20N2O3. The van der Waals surface area contributed by atoms with Crippen LogP contribution in [0.3, 0.4) is 0 Å². The van der Waals surface area contributed by atoms with Crippen molar-refractivity contribution >= 4 is 5.91 Å². The molecule has 0 radical (unpaired) electrons. The second-order valence-electron chi connectivity index (χ2n) is 5.49. The number of amides is 1. The number of rotatable bonds is 3. The number of hydrogen-bond donors (Lipinski definition) is 3. The summed E-state index contributed by atoms with van der Waals surface area (Å²) < 4.78 is 0. The molecular weight excluding hydrogens is 232 g/mol. The number of pyridine rings is 1. The molecule has 0 aliphatic heterocycles. The lowest BCUT2D eigenvalue weighted by Crippen LogP contribution is -2.39. The van der Waals surface area contributed by atoms with E-state index in [1.165, 1.54) is 12.3 Å². The molecule has 1 rings (SSSR count). The van der Waals surface area contributed by atoms with Gasteiger partial charge in [-0.15, -0.1) is 0 Å². The van der Waals surface area contributed by atoms with Crippen LogP contribution in [0, 0.1) is 12.3 Å². The lowest BCUT2D eigenvalue weighted by molar-refractivity contribution is 0.0586. The monoisotopic (exact) mass is 252 g/mol. The van der Waals surface area contributed by atoms with Crippen molar-refractivity contribution in [1.82, 2.24) is 10.3 Å². The van der Waals surface area contributed by atoms with Crippen LogP contribution in [-0.2, 0) is 0 Å². The molecule has 3 N–H and O–H groups in total. The minimum absolute atomic E-state index is 0.181. The van der Waals surface area contributed by atoms with Gasteiger partial charge in [0.1, 0.15) is 0 Å². The summed E-state index contributed by atoms with van der Waals surface area (Å²) in [6, 6.07) is 1.37. The fourth-order valence-electron chi connectivity index (χ4n) is 1.41. The van der Waals surface area contributed by atoms with Gasteiger partial charge in [-0.2, -0.15) is 0 Å². The molecule has 18 heavy (non-hydrogen) atoms. The molecule has 5 nitrogen and oxygen atoms in total. The molecule has 1 aromatic rings. The van der Waals surface area contributed by atoms with Gasteiger partial charge in [0.2, 0.25) is 5.56 Å². The van der Waals surface area contributed by atoms with Crippen LogP contribution in [0.4, 0.5) is 0 Å². The fraction of sp³-hybridized carbons (Fsp3) is 0.538. The third-order valence-corrected chi connectivity index (χ3v) is 2.83. The van der Waals surface area contributed by atoms with Gasteiger partial charge in [-0.3, -0.25) is 9.59 Å². The third-order valence-electron chi connectivity index (χ3n) is 2.83. The third kappa shape index (κ3) is 3.70.